The lowest BCUT2D eigenvalue weighted by Gasteiger charge is -2.17. The fraction of sp³-hybridized carbons (Fsp3) is 0.462. The molecule has 0 spiro atoms. The van der Waals surface area contributed by atoms with E-state index in [0.29, 0.717) is 6.04 Å². The minimum atomic E-state index is 0.0136. The molecular formula is C13H16IN3O. The maximum absolute atomic E-state index is 12.0. The number of aromatic nitrogens is 2. The Morgan fingerprint density at radius 3 is 3.17 bits per heavy atom. The van der Waals surface area contributed by atoms with Crippen molar-refractivity contribution in [2.75, 3.05) is 13.1 Å². The molecule has 2 aromatic rings. The van der Waals surface area contributed by atoms with E-state index in [4.69, 9.17) is 0 Å². The molecule has 3 rings (SSSR count). The molecule has 18 heavy (non-hydrogen) atoms. The first kappa shape index (κ1) is 12.2. The molecule has 5 heteroatoms. The highest BCUT2D eigenvalue weighted by molar-refractivity contribution is 14.1. The smallest absolute Gasteiger partial charge is 0.272 e. The SMILES string of the molecule is O=c1[nH]ccc2c(I)cn(C3CCCCNC3)c12. The van der Waals surface area contributed by atoms with Crippen LogP contribution in [0, 0.1) is 3.57 Å². The van der Waals surface area contributed by atoms with E-state index in [1.807, 2.05) is 6.07 Å². The summed E-state index contributed by atoms with van der Waals surface area (Å²) in [6.07, 6.45) is 7.42. The van der Waals surface area contributed by atoms with Crippen LogP contribution in [0.25, 0.3) is 10.9 Å². The van der Waals surface area contributed by atoms with Crippen molar-refractivity contribution in [1.82, 2.24) is 14.9 Å². The van der Waals surface area contributed by atoms with Crippen LogP contribution in [0.1, 0.15) is 25.3 Å². The highest BCUT2D eigenvalue weighted by Gasteiger charge is 2.18. The third-order valence-electron chi connectivity index (χ3n) is 3.62. The van der Waals surface area contributed by atoms with Gasteiger partial charge in [0.2, 0.25) is 0 Å². The van der Waals surface area contributed by atoms with Crippen LogP contribution in [-0.2, 0) is 0 Å². The lowest BCUT2D eigenvalue weighted by atomic mass is 10.1. The van der Waals surface area contributed by atoms with Crippen LogP contribution in [-0.4, -0.2) is 22.6 Å². The summed E-state index contributed by atoms with van der Waals surface area (Å²) in [4.78, 5) is 14.8. The summed E-state index contributed by atoms with van der Waals surface area (Å²) in [5.41, 5.74) is 0.829. The van der Waals surface area contributed by atoms with Crippen LogP contribution < -0.4 is 10.9 Å². The molecule has 0 aromatic carbocycles. The third kappa shape index (κ3) is 2.09. The third-order valence-corrected chi connectivity index (χ3v) is 4.48. The molecule has 0 aliphatic carbocycles. The Morgan fingerprint density at radius 1 is 1.39 bits per heavy atom. The van der Waals surface area contributed by atoms with E-state index in [9.17, 15) is 4.79 Å². The lowest BCUT2D eigenvalue weighted by Crippen LogP contribution is -2.24. The van der Waals surface area contributed by atoms with E-state index in [-0.39, 0.29) is 5.56 Å². The zero-order valence-corrected chi connectivity index (χ0v) is 12.2. The largest absolute Gasteiger partial charge is 0.338 e. The molecule has 1 atom stereocenters. The predicted molar refractivity (Wildman–Crippen MR) is 81.0 cm³/mol. The number of hydrogen-bond donors (Lipinski definition) is 2. The van der Waals surface area contributed by atoms with Crippen LogP contribution in [0.4, 0.5) is 0 Å². The maximum Gasteiger partial charge on any atom is 0.272 e. The highest BCUT2D eigenvalue weighted by atomic mass is 127. The molecule has 1 saturated heterocycles. The zero-order chi connectivity index (χ0) is 12.5. The number of nitrogens with one attached hydrogen (secondary N) is 2. The monoisotopic (exact) mass is 357 g/mol. The van der Waals surface area contributed by atoms with Crippen molar-refractivity contribution in [1.29, 1.82) is 0 Å². The number of halogens is 1. The van der Waals surface area contributed by atoms with Crippen molar-refractivity contribution in [3.8, 4) is 0 Å². The highest BCUT2D eigenvalue weighted by Crippen LogP contribution is 2.26. The summed E-state index contributed by atoms with van der Waals surface area (Å²) in [7, 11) is 0. The second kappa shape index (κ2) is 5.05. The fourth-order valence-electron chi connectivity index (χ4n) is 2.70. The minimum absolute atomic E-state index is 0.0136. The molecule has 2 N–H and O–H groups in total. The molecule has 96 valence electrons. The molecule has 4 nitrogen and oxygen atoms in total. The lowest BCUT2D eigenvalue weighted by molar-refractivity contribution is 0.473. The van der Waals surface area contributed by atoms with Gasteiger partial charge < -0.3 is 14.9 Å². The van der Waals surface area contributed by atoms with Crippen molar-refractivity contribution in [2.45, 2.75) is 25.3 Å². The molecule has 0 radical (unpaired) electrons. The van der Waals surface area contributed by atoms with E-state index >= 15 is 0 Å². The van der Waals surface area contributed by atoms with Crippen LogP contribution >= 0.6 is 22.6 Å². The van der Waals surface area contributed by atoms with Crippen molar-refractivity contribution in [3.63, 3.8) is 0 Å². The van der Waals surface area contributed by atoms with Gasteiger partial charge in [0.25, 0.3) is 5.56 Å². The second-order valence-electron chi connectivity index (χ2n) is 4.81. The number of pyridine rings is 1. The average Bonchev–Trinajstić information content (AvgIpc) is 2.56. The molecule has 0 bridgehead atoms. The summed E-state index contributed by atoms with van der Waals surface area (Å²) in [5.74, 6) is 0. The van der Waals surface area contributed by atoms with Gasteiger partial charge in [0.15, 0.2) is 0 Å². The number of aromatic amines is 1. The summed E-state index contributed by atoms with van der Waals surface area (Å²) >= 11 is 2.31. The van der Waals surface area contributed by atoms with Crippen LogP contribution in [0.3, 0.4) is 0 Å². The minimum Gasteiger partial charge on any atom is -0.338 e. The standard InChI is InChI=1S/C13H16IN3O/c14-11-8-17(9-3-1-2-5-15-7-9)12-10(11)4-6-16-13(12)18/h4,6,8-9,15H,1-3,5,7H2,(H,16,18). The van der Waals surface area contributed by atoms with Gasteiger partial charge in [-0.2, -0.15) is 0 Å². The Morgan fingerprint density at radius 2 is 2.28 bits per heavy atom. The molecule has 1 aliphatic heterocycles. The van der Waals surface area contributed by atoms with E-state index in [1.54, 1.807) is 6.20 Å². The first-order valence-corrected chi connectivity index (χ1v) is 7.43. The van der Waals surface area contributed by atoms with E-state index < -0.39 is 0 Å². The van der Waals surface area contributed by atoms with Gasteiger partial charge in [-0.1, -0.05) is 6.42 Å². The normalized spacial score (nSPS) is 21.1. The first-order valence-electron chi connectivity index (χ1n) is 6.36. The number of H-pyrrole nitrogens is 1. The van der Waals surface area contributed by atoms with E-state index in [1.165, 1.54) is 12.8 Å². The van der Waals surface area contributed by atoms with Gasteiger partial charge in [-0.05, 0) is 48.0 Å². The van der Waals surface area contributed by atoms with Gasteiger partial charge in [0.05, 0.1) is 0 Å². The average molecular weight is 357 g/mol. The van der Waals surface area contributed by atoms with Gasteiger partial charge in [0, 0.05) is 33.9 Å². The molecule has 3 heterocycles. The van der Waals surface area contributed by atoms with Crippen molar-refractivity contribution < 1.29 is 0 Å². The molecular weight excluding hydrogens is 341 g/mol. The van der Waals surface area contributed by atoms with Crippen molar-refractivity contribution >= 4 is 33.5 Å². The van der Waals surface area contributed by atoms with Crippen molar-refractivity contribution in [2.24, 2.45) is 0 Å². The van der Waals surface area contributed by atoms with Crippen LogP contribution in [0.2, 0.25) is 0 Å². The Kier molecular flexibility index (Phi) is 3.43. The molecule has 2 aromatic heterocycles. The van der Waals surface area contributed by atoms with Gasteiger partial charge in [-0.25, -0.2) is 0 Å². The number of rotatable bonds is 1. The van der Waals surface area contributed by atoms with E-state index in [2.05, 4.69) is 43.7 Å². The zero-order valence-electron chi connectivity index (χ0n) is 10.1. The first-order chi connectivity index (χ1) is 8.77. The summed E-state index contributed by atoms with van der Waals surface area (Å²) < 4.78 is 3.31. The summed E-state index contributed by atoms with van der Waals surface area (Å²) in [6, 6.07) is 2.38. The van der Waals surface area contributed by atoms with Gasteiger partial charge >= 0.3 is 0 Å². The topological polar surface area (TPSA) is 49.8 Å². The molecule has 0 saturated carbocycles. The Bertz CT molecular complexity index is 608. The number of hydrogen-bond acceptors (Lipinski definition) is 2. The molecule has 1 fully saturated rings. The fourth-order valence-corrected chi connectivity index (χ4v) is 3.44. The molecule has 0 amide bonds. The number of fused-ring (bicyclic) bond motifs is 1. The molecule has 1 aliphatic rings. The number of nitrogens with zero attached hydrogens (tertiary/aromatic N) is 1. The Hall–Kier alpha value is -0.820. The summed E-state index contributed by atoms with van der Waals surface area (Å²) in [5, 5.41) is 4.51. The van der Waals surface area contributed by atoms with Crippen LogP contribution in [0.15, 0.2) is 23.3 Å². The van der Waals surface area contributed by atoms with Gasteiger partial charge in [0.1, 0.15) is 5.52 Å². The molecule has 1 unspecified atom stereocenters. The second-order valence-corrected chi connectivity index (χ2v) is 5.97. The van der Waals surface area contributed by atoms with E-state index in [0.717, 1.165) is 34.0 Å². The quantitative estimate of drug-likeness (QED) is 0.770. The summed E-state index contributed by atoms with van der Waals surface area (Å²) in [6.45, 7) is 2.04. The Labute approximate surface area is 119 Å². The van der Waals surface area contributed by atoms with Gasteiger partial charge in [-0.15, -0.1) is 0 Å². The maximum atomic E-state index is 12.0. The predicted octanol–water partition coefficient (Wildman–Crippen LogP) is 2.25. The Balaban J connectivity index is 2.13. The van der Waals surface area contributed by atoms with Crippen molar-refractivity contribution in [3.05, 3.63) is 32.4 Å². The van der Waals surface area contributed by atoms with Gasteiger partial charge in [-0.3, -0.25) is 4.79 Å². The van der Waals surface area contributed by atoms with Crippen LogP contribution in [0.5, 0.6) is 0 Å².